The number of benzene rings is 2. The van der Waals surface area contributed by atoms with Gasteiger partial charge in [-0.1, -0.05) is 36.4 Å². The summed E-state index contributed by atoms with van der Waals surface area (Å²) < 4.78 is 12.2. The quantitative estimate of drug-likeness (QED) is 0.743. The van der Waals surface area contributed by atoms with Crippen LogP contribution in [0.25, 0.3) is 0 Å². The molecule has 0 spiro atoms. The van der Waals surface area contributed by atoms with Gasteiger partial charge in [0.15, 0.2) is 0 Å². The third-order valence-corrected chi connectivity index (χ3v) is 5.75. The van der Waals surface area contributed by atoms with Crippen molar-refractivity contribution in [3.05, 3.63) is 59.7 Å². The molecule has 2 atom stereocenters. The molecule has 0 bridgehead atoms. The molecule has 1 saturated heterocycles. The van der Waals surface area contributed by atoms with E-state index >= 15 is 0 Å². The van der Waals surface area contributed by atoms with Gasteiger partial charge in [-0.3, -0.25) is 0 Å². The topological polar surface area (TPSA) is 41.9 Å². The molecule has 5 heteroatoms. The van der Waals surface area contributed by atoms with Gasteiger partial charge in [-0.2, -0.15) is 0 Å². The Bertz CT molecular complexity index is 790. The highest BCUT2D eigenvalue weighted by Crippen LogP contribution is 2.45. The van der Waals surface area contributed by atoms with E-state index in [1.54, 1.807) is 0 Å². The van der Waals surface area contributed by atoms with Gasteiger partial charge in [-0.25, -0.2) is 0 Å². The fourth-order valence-corrected chi connectivity index (χ4v) is 4.41. The Morgan fingerprint density at radius 2 is 1.86 bits per heavy atom. The van der Waals surface area contributed by atoms with Crippen molar-refractivity contribution in [2.75, 3.05) is 26.2 Å². The summed E-state index contributed by atoms with van der Waals surface area (Å²) in [6, 6.07) is 16.7. The maximum atomic E-state index is 10.3. The second-order valence-corrected chi connectivity index (χ2v) is 8.70. The molecule has 2 aliphatic heterocycles. The predicted octanol–water partition coefficient (Wildman–Crippen LogP) is 4.64. The van der Waals surface area contributed by atoms with Crippen molar-refractivity contribution in [2.24, 2.45) is 0 Å². The first-order valence-electron chi connectivity index (χ1n) is 10.4. The van der Waals surface area contributed by atoms with Crippen LogP contribution >= 0.6 is 12.4 Å². The Labute approximate surface area is 180 Å². The summed E-state index contributed by atoms with van der Waals surface area (Å²) in [4.78, 5) is 2.30. The first kappa shape index (κ1) is 21.9. The van der Waals surface area contributed by atoms with Gasteiger partial charge in [0.05, 0.1) is 0 Å². The molecule has 4 nitrogen and oxygen atoms in total. The largest absolute Gasteiger partial charge is 0.491 e. The highest BCUT2D eigenvalue weighted by Gasteiger charge is 2.34. The van der Waals surface area contributed by atoms with E-state index in [1.807, 2.05) is 12.1 Å². The summed E-state index contributed by atoms with van der Waals surface area (Å²) in [5.41, 5.74) is 2.28. The van der Waals surface area contributed by atoms with Gasteiger partial charge < -0.3 is 19.5 Å². The lowest BCUT2D eigenvalue weighted by Gasteiger charge is -2.38. The summed E-state index contributed by atoms with van der Waals surface area (Å²) in [7, 11) is 0. The van der Waals surface area contributed by atoms with E-state index < -0.39 is 6.10 Å². The lowest BCUT2D eigenvalue weighted by Crippen LogP contribution is -2.35. The molecule has 2 aromatic rings. The zero-order chi connectivity index (χ0) is 19.6. The summed E-state index contributed by atoms with van der Waals surface area (Å²) >= 11 is 0. The minimum atomic E-state index is -0.469. The SMILES string of the molecule is CC1(C)CC(c2ccccc2)c2ccc(OCC(O)CN3CCCC3)cc2O1.Cl. The third-order valence-electron chi connectivity index (χ3n) is 5.75. The second kappa shape index (κ2) is 9.38. The smallest absolute Gasteiger partial charge is 0.127 e. The molecule has 2 unspecified atom stereocenters. The number of aliphatic hydroxyl groups is 1. The van der Waals surface area contributed by atoms with E-state index in [9.17, 15) is 5.11 Å². The highest BCUT2D eigenvalue weighted by molar-refractivity contribution is 5.85. The molecule has 2 heterocycles. The molecule has 0 amide bonds. The van der Waals surface area contributed by atoms with Crippen LogP contribution < -0.4 is 9.47 Å². The van der Waals surface area contributed by atoms with E-state index in [2.05, 4.69) is 55.1 Å². The summed E-state index contributed by atoms with van der Waals surface area (Å²) in [6.45, 7) is 7.43. The first-order valence-corrected chi connectivity index (χ1v) is 10.4. The Morgan fingerprint density at radius 1 is 1.14 bits per heavy atom. The Balaban J connectivity index is 0.00000240. The third kappa shape index (κ3) is 5.44. The highest BCUT2D eigenvalue weighted by atomic mass is 35.5. The molecule has 0 aromatic heterocycles. The number of halogens is 1. The van der Waals surface area contributed by atoms with Crippen LogP contribution in [0.4, 0.5) is 0 Å². The van der Waals surface area contributed by atoms with Crippen molar-refractivity contribution in [3.8, 4) is 11.5 Å². The molecule has 158 valence electrons. The van der Waals surface area contributed by atoms with Gasteiger partial charge in [-0.15, -0.1) is 12.4 Å². The van der Waals surface area contributed by atoms with Crippen molar-refractivity contribution < 1.29 is 14.6 Å². The van der Waals surface area contributed by atoms with Crippen molar-refractivity contribution >= 4 is 12.4 Å². The lowest BCUT2D eigenvalue weighted by molar-refractivity contribution is 0.0708. The van der Waals surface area contributed by atoms with Gasteiger partial charge >= 0.3 is 0 Å². The minimum Gasteiger partial charge on any atom is -0.491 e. The van der Waals surface area contributed by atoms with Gasteiger partial charge in [0.1, 0.15) is 29.8 Å². The van der Waals surface area contributed by atoms with E-state index in [0.29, 0.717) is 19.1 Å². The number of likely N-dealkylation sites (tertiary alicyclic amines) is 1. The summed E-state index contributed by atoms with van der Waals surface area (Å²) in [5, 5.41) is 10.3. The molecular weight excluding hydrogens is 386 g/mol. The lowest BCUT2D eigenvalue weighted by atomic mass is 9.80. The molecule has 0 aliphatic carbocycles. The number of aliphatic hydroxyl groups excluding tert-OH is 1. The number of ether oxygens (including phenoxy) is 2. The fraction of sp³-hybridized carbons (Fsp3) is 0.500. The number of β-amino-alcohol motifs (C(OH)–C–C–N with tert-alkyl or cyclic N) is 1. The molecule has 0 radical (unpaired) electrons. The first-order chi connectivity index (χ1) is 13.5. The summed E-state index contributed by atoms with van der Waals surface area (Å²) in [6.07, 6.45) is 2.93. The van der Waals surface area contributed by atoms with Crippen molar-refractivity contribution in [3.63, 3.8) is 0 Å². The van der Waals surface area contributed by atoms with Gasteiger partial charge in [-0.05, 0) is 57.8 Å². The predicted molar refractivity (Wildman–Crippen MR) is 118 cm³/mol. The van der Waals surface area contributed by atoms with Crippen LogP contribution in [0.15, 0.2) is 48.5 Å². The van der Waals surface area contributed by atoms with E-state index in [4.69, 9.17) is 9.47 Å². The van der Waals surface area contributed by atoms with Gasteiger partial charge in [0.2, 0.25) is 0 Å². The molecule has 1 N–H and O–H groups in total. The van der Waals surface area contributed by atoms with Crippen LogP contribution in [0, 0.1) is 0 Å². The van der Waals surface area contributed by atoms with Gasteiger partial charge in [0, 0.05) is 24.1 Å². The van der Waals surface area contributed by atoms with Crippen LogP contribution in [0.5, 0.6) is 11.5 Å². The second-order valence-electron chi connectivity index (χ2n) is 8.70. The number of hydrogen-bond acceptors (Lipinski definition) is 4. The van der Waals surface area contributed by atoms with Crippen LogP contribution in [-0.4, -0.2) is 48.0 Å². The molecule has 29 heavy (non-hydrogen) atoms. The number of fused-ring (bicyclic) bond motifs is 1. The fourth-order valence-electron chi connectivity index (χ4n) is 4.41. The standard InChI is InChI=1S/C24H31NO3.ClH/c1-24(2)15-22(18-8-4-3-5-9-18)21-11-10-20(14-23(21)28-24)27-17-19(26)16-25-12-6-7-13-25;/h3-5,8-11,14,19,22,26H,6-7,12-13,15-17H2,1-2H3;1H. The maximum Gasteiger partial charge on any atom is 0.127 e. The van der Waals surface area contributed by atoms with E-state index in [1.165, 1.54) is 24.0 Å². The average molecular weight is 418 g/mol. The Kier molecular flexibility index (Phi) is 7.10. The minimum absolute atomic E-state index is 0. The zero-order valence-electron chi connectivity index (χ0n) is 17.3. The Morgan fingerprint density at radius 3 is 2.59 bits per heavy atom. The number of rotatable bonds is 6. The van der Waals surface area contributed by atoms with Crippen LogP contribution in [0.1, 0.15) is 50.2 Å². The normalized spacial score (nSPS) is 21.6. The number of hydrogen-bond donors (Lipinski definition) is 1. The molecular formula is C24H32ClNO3. The molecule has 2 aliphatic rings. The number of nitrogens with zero attached hydrogens (tertiary/aromatic N) is 1. The molecule has 4 rings (SSSR count). The van der Waals surface area contributed by atoms with Crippen LogP contribution in [0.2, 0.25) is 0 Å². The van der Waals surface area contributed by atoms with E-state index in [-0.39, 0.29) is 18.0 Å². The molecule has 0 saturated carbocycles. The Hall–Kier alpha value is -1.75. The van der Waals surface area contributed by atoms with Crippen molar-refractivity contribution in [1.82, 2.24) is 4.90 Å². The van der Waals surface area contributed by atoms with Crippen LogP contribution in [0.3, 0.4) is 0 Å². The monoisotopic (exact) mass is 417 g/mol. The maximum absolute atomic E-state index is 10.3. The zero-order valence-corrected chi connectivity index (χ0v) is 18.2. The van der Waals surface area contributed by atoms with E-state index in [0.717, 1.165) is 31.0 Å². The van der Waals surface area contributed by atoms with Crippen molar-refractivity contribution in [2.45, 2.75) is 50.7 Å². The molecule has 2 aromatic carbocycles. The molecule has 1 fully saturated rings. The van der Waals surface area contributed by atoms with Crippen molar-refractivity contribution in [1.29, 1.82) is 0 Å². The summed E-state index contributed by atoms with van der Waals surface area (Å²) in [5.74, 6) is 1.95. The van der Waals surface area contributed by atoms with Gasteiger partial charge in [0.25, 0.3) is 0 Å². The average Bonchev–Trinajstić information content (AvgIpc) is 3.18. The van der Waals surface area contributed by atoms with Crippen LogP contribution in [-0.2, 0) is 0 Å².